The van der Waals surface area contributed by atoms with Gasteiger partial charge in [-0.15, -0.1) is 0 Å². The zero-order chi connectivity index (χ0) is 26.3. The average Bonchev–Trinajstić information content (AvgIpc) is 2.77. The van der Waals surface area contributed by atoms with Crippen molar-refractivity contribution in [2.75, 3.05) is 18.5 Å². The molecule has 0 saturated heterocycles. The monoisotopic (exact) mass is 505 g/mol. The van der Waals surface area contributed by atoms with Crippen LogP contribution in [0, 0.1) is 6.92 Å². The lowest BCUT2D eigenvalue weighted by atomic mass is 10.0. The lowest BCUT2D eigenvalue weighted by Gasteiger charge is -2.33. The Labute approximate surface area is 210 Å². The number of aryl methyl sites for hydroxylation is 1. The summed E-state index contributed by atoms with van der Waals surface area (Å²) in [6.07, 6.45) is -0.877. The van der Waals surface area contributed by atoms with Crippen molar-refractivity contribution in [2.24, 2.45) is 0 Å². The molecule has 3 amide bonds. The highest BCUT2D eigenvalue weighted by Gasteiger charge is 2.35. The van der Waals surface area contributed by atoms with Crippen molar-refractivity contribution in [2.45, 2.75) is 52.3 Å². The molecule has 0 radical (unpaired) electrons. The van der Waals surface area contributed by atoms with Gasteiger partial charge in [-0.1, -0.05) is 35.9 Å². The highest BCUT2D eigenvalue weighted by Crippen LogP contribution is 2.29. The van der Waals surface area contributed by atoms with Gasteiger partial charge < -0.3 is 30.5 Å². The molecule has 0 bridgehead atoms. The number of aromatic hydroxyl groups is 1. The summed E-state index contributed by atoms with van der Waals surface area (Å²) in [5.41, 5.74) is 0.731. The first-order valence-electron chi connectivity index (χ1n) is 11.1. The SMILES string of the molecule is CCN(C(=O)C(CO)NC(=O)OC(C)(C)C)C(C(=O)Nc1c(C)cccc1Cl)c1ccc(O)cc1. The second-order valence-electron chi connectivity index (χ2n) is 8.92. The Morgan fingerprint density at radius 2 is 1.74 bits per heavy atom. The fraction of sp³-hybridized carbons (Fsp3) is 0.400. The minimum atomic E-state index is -1.35. The van der Waals surface area contributed by atoms with Crippen LogP contribution in [-0.2, 0) is 14.3 Å². The molecule has 35 heavy (non-hydrogen) atoms. The van der Waals surface area contributed by atoms with Crippen molar-refractivity contribution in [1.29, 1.82) is 0 Å². The van der Waals surface area contributed by atoms with Gasteiger partial charge in [0.2, 0.25) is 5.91 Å². The first-order valence-corrected chi connectivity index (χ1v) is 11.5. The molecule has 2 rings (SSSR count). The highest BCUT2D eigenvalue weighted by molar-refractivity contribution is 6.34. The first kappa shape index (κ1) is 27.9. The van der Waals surface area contributed by atoms with Gasteiger partial charge in [-0.3, -0.25) is 9.59 Å². The summed E-state index contributed by atoms with van der Waals surface area (Å²) in [5.74, 6) is -1.26. The van der Waals surface area contributed by atoms with Gasteiger partial charge in [0.1, 0.15) is 23.4 Å². The number of amides is 3. The van der Waals surface area contributed by atoms with E-state index in [1.54, 1.807) is 52.8 Å². The number of carbonyl (C=O) groups excluding carboxylic acids is 3. The number of halogens is 1. The minimum absolute atomic E-state index is 0.0101. The number of anilines is 1. The van der Waals surface area contributed by atoms with E-state index in [-0.39, 0.29) is 12.3 Å². The molecule has 10 heteroatoms. The van der Waals surface area contributed by atoms with E-state index >= 15 is 0 Å². The number of ether oxygens (including phenoxy) is 1. The molecule has 0 aromatic heterocycles. The molecule has 190 valence electrons. The highest BCUT2D eigenvalue weighted by atomic mass is 35.5. The summed E-state index contributed by atoms with van der Waals surface area (Å²) in [4.78, 5) is 40.4. The fourth-order valence-corrected chi connectivity index (χ4v) is 3.68. The molecule has 0 fully saturated rings. The molecule has 0 spiro atoms. The predicted octanol–water partition coefficient (Wildman–Crippen LogP) is 3.77. The number of nitrogens with zero attached hydrogens (tertiary/aromatic N) is 1. The molecule has 0 aliphatic rings. The van der Waals surface area contributed by atoms with E-state index < -0.39 is 42.2 Å². The third kappa shape index (κ3) is 7.60. The second kappa shape index (κ2) is 11.9. The Hall–Kier alpha value is -3.30. The summed E-state index contributed by atoms with van der Waals surface area (Å²) in [5, 5.41) is 25.1. The van der Waals surface area contributed by atoms with Gasteiger partial charge in [0, 0.05) is 6.54 Å². The van der Waals surface area contributed by atoms with E-state index in [1.165, 1.54) is 29.2 Å². The third-order valence-electron chi connectivity index (χ3n) is 5.03. The van der Waals surface area contributed by atoms with E-state index in [0.29, 0.717) is 16.3 Å². The number of phenolic OH excluding ortho intramolecular Hbond substituents is 1. The zero-order valence-corrected chi connectivity index (χ0v) is 21.2. The van der Waals surface area contributed by atoms with Crippen molar-refractivity contribution < 1.29 is 29.3 Å². The van der Waals surface area contributed by atoms with Crippen molar-refractivity contribution in [3.8, 4) is 5.75 Å². The zero-order valence-electron chi connectivity index (χ0n) is 20.5. The molecule has 2 aromatic rings. The standard InChI is InChI=1S/C25H32ClN3O6/c1-6-29(23(33)19(14-30)27-24(34)35-25(3,4)5)21(16-10-12-17(31)13-11-16)22(32)28-20-15(2)8-7-9-18(20)26/h7-13,19,21,30-31H,6,14H2,1-5H3,(H,27,34)(H,28,32). The van der Waals surface area contributed by atoms with Crippen LogP contribution in [0.2, 0.25) is 5.02 Å². The number of aliphatic hydroxyl groups excluding tert-OH is 1. The van der Waals surface area contributed by atoms with E-state index in [1.807, 2.05) is 0 Å². The molecule has 9 nitrogen and oxygen atoms in total. The minimum Gasteiger partial charge on any atom is -0.508 e. The van der Waals surface area contributed by atoms with Crippen LogP contribution in [0.5, 0.6) is 5.75 Å². The van der Waals surface area contributed by atoms with Crippen LogP contribution in [0.15, 0.2) is 42.5 Å². The molecule has 0 aliphatic carbocycles. The number of likely N-dealkylation sites (N-methyl/N-ethyl adjacent to an activating group) is 1. The maximum Gasteiger partial charge on any atom is 0.408 e. The van der Waals surface area contributed by atoms with Crippen LogP contribution < -0.4 is 10.6 Å². The predicted molar refractivity (Wildman–Crippen MR) is 133 cm³/mol. The first-order chi connectivity index (χ1) is 16.4. The van der Waals surface area contributed by atoms with Crippen molar-refractivity contribution in [1.82, 2.24) is 10.2 Å². The molecule has 0 saturated carbocycles. The topological polar surface area (TPSA) is 128 Å². The van der Waals surface area contributed by atoms with E-state index in [2.05, 4.69) is 10.6 Å². The number of benzene rings is 2. The lowest BCUT2D eigenvalue weighted by Crippen LogP contribution is -2.53. The number of phenols is 1. The molecule has 0 aliphatic heterocycles. The third-order valence-corrected chi connectivity index (χ3v) is 5.35. The van der Waals surface area contributed by atoms with Gasteiger partial charge in [-0.2, -0.15) is 0 Å². The Balaban J connectivity index is 2.42. The number of hydrogen-bond donors (Lipinski definition) is 4. The lowest BCUT2D eigenvalue weighted by molar-refractivity contribution is -0.141. The summed E-state index contributed by atoms with van der Waals surface area (Å²) in [6, 6.07) is 8.50. The van der Waals surface area contributed by atoms with Gasteiger partial charge in [0.05, 0.1) is 17.3 Å². The van der Waals surface area contributed by atoms with Gasteiger partial charge in [0.25, 0.3) is 5.91 Å². The number of para-hydroxylation sites is 1. The number of carbonyl (C=O) groups is 3. The van der Waals surface area contributed by atoms with Crippen LogP contribution >= 0.6 is 11.6 Å². The van der Waals surface area contributed by atoms with Crippen LogP contribution in [0.3, 0.4) is 0 Å². The number of aliphatic hydroxyl groups is 1. The van der Waals surface area contributed by atoms with Crippen LogP contribution in [0.25, 0.3) is 0 Å². The van der Waals surface area contributed by atoms with E-state index in [4.69, 9.17) is 16.3 Å². The van der Waals surface area contributed by atoms with Crippen molar-refractivity contribution in [3.63, 3.8) is 0 Å². The fourth-order valence-electron chi connectivity index (χ4n) is 3.41. The number of alkyl carbamates (subject to hydrolysis) is 1. The Bertz CT molecular complexity index is 1030. The van der Waals surface area contributed by atoms with Gasteiger partial charge in [-0.05, 0) is 63.9 Å². The molecular formula is C25H32ClN3O6. The summed E-state index contributed by atoms with van der Waals surface area (Å²) >= 11 is 6.28. The van der Waals surface area contributed by atoms with Crippen LogP contribution in [-0.4, -0.2) is 57.8 Å². The summed E-state index contributed by atoms with van der Waals surface area (Å²) in [6.45, 7) is 7.83. The average molecular weight is 506 g/mol. The smallest absolute Gasteiger partial charge is 0.408 e. The molecule has 2 atom stereocenters. The normalized spacial score (nSPS) is 12.9. The number of nitrogens with one attached hydrogen (secondary N) is 2. The van der Waals surface area contributed by atoms with E-state index in [9.17, 15) is 24.6 Å². The van der Waals surface area contributed by atoms with Crippen LogP contribution in [0.4, 0.5) is 10.5 Å². The summed E-state index contributed by atoms with van der Waals surface area (Å²) < 4.78 is 5.19. The number of rotatable bonds is 8. The Morgan fingerprint density at radius 3 is 2.26 bits per heavy atom. The molecule has 2 unspecified atom stereocenters. The van der Waals surface area contributed by atoms with Crippen molar-refractivity contribution >= 4 is 35.2 Å². The number of hydrogen-bond acceptors (Lipinski definition) is 6. The Kier molecular flexibility index (Phi) is 9.50. The molecule has 4 N–H and O–H groups in total. The molecule has 2 aromatic carbocycles. The van der Waals surface area contributed by atoms with Gasteiger partial charge in [0.15, 0.2) is 0 Å². The maximum atomic E-state index is 13.5. The maximum absolute atomic E-state index is 13.5. The van der Waals surface area contributed by atoms with Crippen LogP contribution in [0.1, 0.15) is 44.9 Å². The van der Waals surface area contributed by atoms with Gasteiger partial charge in [-0.25, -0.2) is 4.79 Å². The van der Waals surface area contributed by atoms with Gasteiger partial charge >= 0.3 is 6.09 Å². The van der Waals surface area contributed by atoms with E-state index in [0.717, 1.165) is 5.56 Å². The molecule has 0 heterocycles. The Morgan fingerprint density at radius 1 is 1.11 bits per heavy atom. The quantitative estimate of drug-likeness (QED) is 0.432. The second-order valence-corrected chi connectivity index (χ2v) is 9.33. The largest absolute Gasteiger partial charge is 0.508 e. The molecular weight excluding hydrogens is 474 g/mol. The van der Waals surface area contributed by atoms with Crippen molar-refractivity contribution in [3.05, 3.63) is 58.6 Å². The summed E-state index contributed by atoms with van der Waals surface area (Å²) in [7, 11) is 0.